The van der Waals surface area contributed by atoms with Crippen LogP contribution in [0.15, 0.2) is 16.6 Å². The van der Waals surface area contributed by atoms with Crippen molar-refractivity contribution in [2.75, 3.05) is 33.9 Å². The van der Waals surface area contributed by atoms with E-state index >= 15 is 0 Å². The van der Waals surface area contributed by atoms with Gasteiger partial charge in [0, 0.05) is 24.3 Å². The Labute approximate surface area is 172 Å². The molecule has 0 amide bonds. The lowest BCUT2D eigenvalue weighted by molar-refractivity contribution is -0.134. The summed E-state index contributed by atoms with van der Waals surface area (Å²) in [7, 11) is 3.91. The van der Waals surface area contributed by atoms with Gasteiger partial charge in [0.15, 0.2) is 0 Å². The lowest BCUT2D eigenvalue weighted by Gasteiger charge is -2.11. The number of hydrogen-bond acceptors (Lipinski definition) is 9. The van der Waals surface area contributed by atoms with Crippen molar-refractivity contribution in [3.05, 3.63) is 29.3 Å². The smallest absolute Gasteiger partial charge is 0.376 e. The summed E-state index contributed by atoms with van der Waals surface area (Å²) < 4.78 is 16.3. The molecule has 0 saturated carbocycles. The van der Waals surface area contributed by atoms with E-state index in [4.69, 9.17) is 24.1 Å². The van der Waals surface area contributed by atoms with Crippen LogP contribution in [0.5, 0.6) is 5.88 Å². The van der Waals surface area contributed by atoms with Gasteiger partial charge >= 0.3 is 17.9 Å². The number of carboxylic acids is 2. The maximum absolute atomic E-state index is 11.9. The molecule has 0 bridgehead atoms. The van der Waals surface area contributed by atoms with Crippen molar-refractivity contribution in [2.45, 2.75) is 20.8 Å². The SMILES string of the molecule is CCOC(=O)c1nc(OCCN(C)C)c2c(C)c(C)oc2n1.O=C(O)/C=C/C(=O)O. The van der Waals surface area contributed by atoms with E-state index in [9.17, 15) is 14.4 Å². The van der Waals surface area contributed by atoms with Crippen LogP contribution >= 0.6 is 0 Å². The number of aryl methyl sites for hydroxylation is 2. The van der Waals surface area contributed by atoms with Crippen LogP contribution in [0.1, 0.15) is 28.9 Å². The van der Waals surface area contributed by atoms with Crippen LogP contribution < -0.4 is 4.74 Å². The molecule has 0 aliphatic heterocycles. The summed E-state index contributed by atoms with van der Waals surface area (Å²) in [6, 6.07) is 0. The van der Waals surface area contributed by atoms with E-state index < -0.39 is 17.9 Å². The Kier molecular flexibility index (Phi) is 9.43. The fourth-order valence-electron chi connectivity index (χ4n) is 2.07. The number of furan rings is 1. The number of carbonyl (C=O) groups excluding carboxylic acids is 1. The summed E-state index contributed by atoms with van der Waals surface area (Å²) in [6.07, 6.45) is 1.12. The fourth-order valence-corrected chi connectivity index (χ4v) is 2.07. The minimum Gasteiger partial charge on any atom is -0.478 e. The number of esters is 1. The van der Waals surface area contributed by atoms with Gasteiger partial charge in [-0.15, -0.1) is 0 Å². The molecule has 11 nitrogen and oxygen atoms in total. The summed E-state index contributed by atoms with van der Waals surface area (Å²) in [5, 5.41) is 16.3. The molecular weight excluding hydrogens is 398 g/mol. The molecule has 0 atom stereocenters. The molecule has 0 aromatic carbocycles. The van der Waals surface area contributed by atoms with E-state index in [-0.39, 0.29) is 12.4 Å². The lowest BCUT2D eigenvalue weighted by Crippen LogP contribution is -2.20. The summed E-state index contributed by atoms with van der Waals surface area (Å²) in [5.74, 6) is -2.08. The lowest BCUT2D eigenvalue weighted by atomic mass is 10.2. The molecule has 2 heterocycles. The molecule has 0 spiro atoms. The number of hydrogen-bond donors (Lipinski definition) is 2. The van der Waals surface area contributed by atoms with Crippen molar-refractivity contribution in [3.8, 4) is 5.88 Å². The second-order valence-electron chi connectivity index (χ2n) is 6.20. The number of carboxylic acid groups (broad SMARTS) is 2. The van der Waals surface area contributed by atoms with Crippen molar-refractivity contribution >= 4 is 29.0 Å². The molecule has 0 saturated heterocycles. The Bertz CT molecular complexity index is 917. The van der Waals surface area contributed by atoms with Crippen LogP contribution in [0.3, 0.4) is 0 Å². The summed E-state index contributed by atoms with van der Waals surface area (Å²) >= 11 is 0. The number of likely N-dealkylation sites (N-methyl/N-ethyl adjacent to an activating group) is 1. The third kappa shape index (κ3) is 7.51. The highest BCUT2D eigenvalue weighted by Gasteiger charge is 2.21. The highest BCUT2D eigenvalue weighted by Crippen LogP contribution is 2.30. The van der Waals surface area contributed by atoms with Crippen molar-refractivity contribution < 1.29 is 38.5 Å². The predicted molar refractivity (Wildman–Crippen MR) is 106 cm³/mol. The zero-order valence-corrected chi connectivity index (χ0v) is 17.5. The Morgan fingerprint density at radius 2 is 1.70 bits per heavy atom. The molecule has 2 aromatic heterocycles. The first kappa shape index (κ1) is 24.6. The molecule has 2 rings (SSSR count). The topological polar surface area (TPSA) is 152 Å². The number of nitrogens with zero attached hydrogens (tertiary/aromatic N) is 3. The van der Waals surface area contributed by atoms with E-state index in [0.717, 1.165) is 17.9 Å². The van der Waals surface area contributed by atoms with Crippen LogP contribution in [0, 0.1) is 13.8 Å². The highest BCUT2D eigenvalue weighted by molar-refractivity contribution is 5.91. The third-order valence-electron chi connectivity index (χ3n) is 3.60. The van der Waals surface area contributed by atoms with E-state index in [1.54, 1.807) is 6.92 Å². The zero-order valence-electron chi connectivity index (χ0n) is 17.5. The third-order valence-corrected chi connectivity index (χ3v) is 3.60. The van der Waals surface area contributed by atoms with Crippen LogP contribution in [0.4, 0.5) is 0 Å². The Morgan fingerprint density at radius 3 is 2.20 bits per heavy atom. The number of ether oxygens (including phenoxy) is 2. The van der Waals surface area contributed by atoms with Crippen molar-refractivity contribution in [1.82, 2.24) is 14.9 Å². The zero-order chi connectivity index (χ0) is 22.8. The molecule has 2 N–H and O–H groups in total. The van der Waals surface area contributed by atoms with Gasteiger partial charge in [0.1, 0.15) is 17.8 Å². The van der Waals surface area contributed by atoms with Gasteiger partial charge in [0.25, 0.3) is 0 Å². The van der Waals surface area contributed by atoms with Gasteiger partial charge in [-0.3, -0.25) is 0 Å². The minimum atomic E-state index is -1.26. The first-order valence-corrected chi connectivity index (χ1v) is 8.93. The highest BCUT2D eigenvalue weighted by atomic mass is 16.5. The second kappa shape index (κ2) is 11.5. The van der Waals surface area contributed by atoms with Gasteiger partial charge in [0.05, 0.1) is 6.61 Å². The van der Waals surface area contributed by atoms with Crippen LogP contribution in [0.25, 0.3) is 11.1 Å². The number of fused-ring (bicyclic) bond motifs is 1. The maximum Gasteiger partial charge on any atom is 0.376 e. The van der Waals surface area contributed by atoms with Crippen molar-refractivity contribution in [3.63, 3.8) is 0 Å². The molecule has 0 radical (unpaired) electrons. The Balaban J connectivity index is 0.000000479. The molecule has 0 unspecified atom stereocenters. The van der Waals surface area contributed by atoms with E-state index in [1.807, 2.05) is 32.8 Å². The summed E-state index contributed by atoms with van der Waals surface area (Å²) in [5.41, 5.74) is 1.25. The molecule has 164 valence electrons. The normalized spacial score (nSPS) is 10.7. The van der Waals surface area contributed by atoms with Gasteiger partial charge in [-0.25, -0.2) is 14.4 Å². The van der Waals surface area contributed by atoms with Gasteiger partial charge in [-0.05, 0) is 34.9 Å². The molecule has 2 aromatic rings. The van der Waals surface area contributed by atoms with Gasteiger partial charge in [0.2, 0.25) is 17.4 Å². The van der Waals surface area contributed by atoms with E-state index in [0.29, 0.717) is 35.7 Å². The minimum absolute atomic E-state index is 0.0528. The average molecular weight is 423 g/mol. The van der Waals surface area contributed by atoms with Gasteiger partial charge in [-0.2, -0.15) is 9.97 Å². The standard InChI is InChI=1S/C15H21N3O4.C4H4O4/c1-6-20-15(19)12-16-13(21-8-7-18(4)5)11-9(2)10(3)22-14(11)17-12;5-3(6)1-2-4(7)8/h6-8H2,1-5H3;1-2H,(H,5,6)(H,7,8)/b;2-1+. The molecule has 11 heteroatoms. The van der Waals surface area contributed by atoms with E-state index in [1.165, 1.54) is 0 Å². The first-order chi connectivity index (χ1) is 14.1. The number of aromatic nitrogens is 2. The maximum atomic E-state index is 11.9. The van der Waals surface area contributed by atoms with Crippen molar-refractivity contribution in [2.24, 2.45) is 0 Å². The number of rotatable bonds is 8. The number of aliphatic carboxylic acids is 2. The Hall–Kier alpha value is -3.47. The molecular formula is C19H25N3O8. The van der Waals surface area contributed by atoms with Crippen molar-refractivity contribution in [1.29, 1.82) is 0 Å². The Morgan fingerprint density at radius 1 is 1.10 bits per heavy atom. The van der Waals surface area contributed by atoms with Crippen LogP contribution in [0.2, 0.25) is 0 Å². The van der Waals surface area contributed by atoms with Crippen LogP contribution in [-0.4, -0.2) is 76.8 Å². The largest absolute Gasteiger partial charge is 0.478 e. The van der Waals surface area contributed by atoms with Crippen LogP contribution in [-0.2, 0) is 14.3 Å². The molecule has 30 heavy (non-hydrogen) atoms. The summed E-state index contributed by atoms with van der Waals surface area (Å²) in [6.45, 7) is 6.92. The second-order valence-corrected chi connectivity index (χ2v) is 6.20. The van der Waals surface area contributed by atoms with E-state index in [2.05, 4.69) is 9.97 Å². The average Bonchev–Trinajstić information content (AvgIpc) is 2.94. The molecule has 0 aliphatic carbocycles. The molecule has 0 fully saturated rings. The first-order valence-electron chi connectivity index (χ1n) is 8.93. The fraction of sp³-hybridized carbons (Fsp3) is 0.421. The number of carbonyl (C=O) groups is 3. The monoisotopic (exact) mass is 423 g/mol. The quantitative estimate of drug-likeness (QED) is 0.471. The summed E-state index contributed by atoms with van der Waals surface area (Å²) in [4.78, 5) is 41.3. The van der Waals surface area contributed by atoms with Gasteiger partial charge < -0.3 is 29.0 Å². The predicted octanol–water partition coefficient (Wildman–Crippen LogP) is 1.67. The molecule has 0 aliphatic rings. The van der Waals surface area contributed by atoms with Gasteiger partial charge in [-0.1, -0.05) is 0 Å².